The highest BCUT2D eigenvalue weighted by Crippen LogP contribution is 2.26. The molecule has 1 aliphatic heterocycles. The molecule has 1 saturated heterocycles. The van der Waals surface area contributed by atoms with Crippen molar-refractivity contribution in [3.63, 3.8) is 0 Å². The van der Waals surface area contributed by atoms with Gasteiger partial charge in [-0.05, 0) is 18.3 Å². The van der Waals surface area contributed by atoms with Crippen LogP contribution in [0, 0.1) is 17.8 Å². The molecule has 0 bridgehead atoms. The van der Waals surface area contributed by atoms with Crippen molar-refractivity contribution in [2.24, 2.45) is 17.8 Å². The summed E-state index contributed by atoms with van der Waals surface area (Å²) in [4.78, 5) is 0. The third kappa shape index (κ3) is 4.87. The predicted molar refractivity (Wildman–Crippen MR) is 73.3 cm³/mol. The third-order valence-corrected chi connectivity index (χ3v) is 4.38. The lowest BCUT2D eigenvalue weighted by molar-refractivity contribution is -0.0994. The third-order valence-electron chi connectivity index (χ3n) is 4.38. The van der Waals surface area contributed by atoms with Crippen molar-refractivity contribution in [3.05, 3.63) is 0 Å². The van der Waals surface area contributed by atoms with E-state index in [2.05, 4.69) is 27.7 Å². The molecule has 1 heterocycles. The van der Waals surface area contributed by atoms with Crippen molar-refractivity contribution in [1.29, 1.82) is 0 Å². The normalized spacial score (nSPS) is 29.2. The smallest absolute Gasteiger partial charge is 0.160 e. The van der Waals surface area contributed by atoms with E-state index >= 15 is 0 Å². The lowest BCUT2D eigenvalue weighted by Gasteiger charge is -2.21. The molecule has 3 nitrogen and oxygen atoms in total. The zero-order valence-corrected chi connectivity index (χ0v) is 12.4. The molecular weight excluding hydrogens is 228 g/mol. The Balaban J connectivity index is 2.15. The number of ether oxygens (including phenoxy) is 2. The van der Waals surface area contributed by atoms with Crippen LogP contribution >= 0.6 is 0 Å². The summed E-state index contributed by atoms with van der Waals surface area (Å²) in [6, 6.07) is 0. The maximum atomic E-state index is 9.00. The fourth-order valence-corrected chi connectivity index (χ4v) is 2.45. The van der Waals surface area contributed by atoms with Gasteiger partial charge in [-0.2, -0.15) is 0 Å². The Labute approximate surface area is 112 Å². The average molecular weight is 258 g/mol. The molecule has 5 unspecified atom stereocenters. The van der Waals surface area contributed by atoms with Crippen molar-refractivity contribution in [2.45, 2.75) is 65.8 Å². The second-order valence-electron chi connectivity index (χ2n) is 5.91. The Bertz CT molecular complexity index is 220. The molecule has 1 N–H and O–H groups in total. The fraction of sp³-hybridized carbons (Fsp3) is 1.00. The van der Waals surface area contributed by atoms with Crippen LogP contribution in [0.4, 0.5) is 0 Å². The zero-order chi connectivity index (χ0) is 13.5. The zero-order valence-electron chi connectivity index (χ0n) is 12.4. The monoisotopic (exact) mass is 258 g/mol. The van der Waals surface area contributed by atoms with Gasteiger partial charge in [-0.1, -0.05) is 47.0 Å². The number of hydrogen-bond donors (Lipinski definition) is 1. The van der Waals surface area contributed by atoms with E-state index < -0.39 is 0 Å². The maximum Gasteiger partial charge on any atom is 0.160 e. The first-order chi connectivity index (χ1) is 8.58. The van der Waals surface area contributed by atoms with Crippen LogP contribution in [-0.4, -0.2) is 30.7 Å². The molecule has 0 saturated carbocycles. The van der Waals surface area contributed by atoms with Crippen LogP contribution in [0.3, 0.4) is 0 Å². The van der Waals surface area contributed by atoms with Gasteiger partial charge in [-0.3, -0.25) is 0 Å². The van der Waals surface area contributed by atoms with Crippen molar-refractivity contribution in [2.75, 3.05) is 13.2 Å². The first kappa shape index (κ1) is 15.9. The van der Waals surface area contributed by atoms with E-state index in [1.807, 2.05) is 0 Å². The van der Waals surface area contributed by atoms with E-state index in [0.29, 0.717) is 12.5 Å². The Morgan fingerprint density at radius 1 is 1.17 bits per heavy atom. The van der Waals surface area contributed by atoms with E-state index in [-0.39, 0.29) is 19.0 Å². The van der Waals surface area contributed by atoms with Gasteiger partial charge in [0, 0.05) is 5.92 Å². The molecule has 0 aromatic rings. The minimum absolute atomic E-state index is 0.0638. The molecule has 1 fully saturated rings. The van der Waals surface area contributed by atoms with Gasteiger partial charge >= 0.3 is 0 Å². The second kappa shape index (κ2) is 8.13. The summed E-state index contributed by atoms with van der Waals surface area (Å²) in [5.41, 5.74) is 0. The minimum atomic E-state index is -0.114. The van der Waals surface area contributed by atoms with Gasteiger partial charge < -0.3 is 14.6 Å². The van der Waals surface area contributed by atoms with Crippen molar-refractivity contribution in [1.82, 2.24) is 0 Å². The van der Waals surface area contributed by atoms with Gasteiger partial charge in [0.15, 0.2) is 6.29 Å². The Morgan fingerprint density at radius 3 is 2.44 bits per heavy atom. The first-order valence-electron chi connectivity index (χ1n) is 7.46. The molecule has 0 aromatic carbocycles. The number of aliphatic hydroxyl groups is 1. The molecule has 0 aromatic heterocycles. The lowest BCUT2D eigenvalue weighted by atomic mass is 9.88. The molecule has 0 amide bonds. The van der Waals surface area contributed by atoms with Gasteiger partial charge in [0.05, 0.1) is 13.2 Å². The molecule has 0 aliphatic carbocycles. The fourth-order valence-electron chi connectivity index (χ4n) is 2.45. The summed E-state index contributed by atoms with van der Waals surface area (Å²) in [7, 11) is 0. The standard InChI is InChI=1S/C15H30O3/c1-5-11(2)12(3)7-6-8-13(4)15-17-10-14(9-16)18-15/h11-16H,5-10H2,1-4H3. The molecule has 0 spiro atoms. The molecule has 3 heteroatoms. The molecule has 18 heavy (non-hydrogen) atoms. The van der Waals surface area contributed by atoms with Crippen LogP contribution < -0.4 is 0 Å². The first-order valence-corrected chi connectivity index (χ1v) is 7.46. The van der Waals surface area contributed by atoms with Crippen LogP contribution in [0.25, 0.3) is 0 Å². The summed E-state index contributed by atoms with van der Waals surface area (Å²) < 4.78 is 11.2. The highest BCUT2D eigenvalue weighted by atomic mass is 16.7. The molecule has 1 rings (SSSR count). The summed E-state index contributed by atoms with van der Waals surface area (Å²) in [5.74, 6) is 2.04. The maximum absolute atomic E-state index is 9.00. The van der Waals surface area contributed by atoms with Gasteiger partial charge in [-0.25, -0.2) is 0 Å². The van der Waals surface area contributed by atoms with Crippen molar-refractivity contribution >= 4 is 0 Å². The lowest BCUT2D eigenvalue weighted by Crippen LogP contribution is -2.21. The van der Waals surface area contributed by atoms with Crippen LogP contribution in [0.15, 0.2) is 0 Å². The van der Waals surface area contributed by atoms with Gasteiger partial charge in [0.2, 0.25) is 0 Å². The average Bonchev–Trinajstić information content (AvgIpc) is 2.86. The Kier molecular flexibility index (Phi) is 7.20. The minimum Gasteiger partial charge on any atom is -0.394 e. The van der Waals surface area contributed by atoms with E-state index in [4.69, 9.17) is 14.6 Å². The Hall–Kier alpha value is -0.120. The number of rotatable bonds is 8. The van der Waals surface area contributed by atoms with E-state index in [1.165, 1.54) is 19.3 Å². The number of hydrogen-bond acceptors (Lipinski definition) is 3. The van der Waals surface area contributed by atoms with E-state index in [9.17, 15) is 0 Å². The summed E-state index contributed by atoms with van der Waals surface area (Å²) >= 11 is 0. The van der Waals surface area contributed by atoms with E-state index in [0.717, 1.165) is 18.3 Å². The SMILES string of the molecule is CCC(C)C(C)CCCC(C)C1OCC(CO)O1. The largest absolute Gasteiger partial charge is 0.394 e. The molecule has 0 radical (unpaired) electrons. The molecule has 5 atom stereocenters. The van der Waals surface area contributed by atoms with Crippen LogP contribution in [0.1, 0.15) is 53.4 Å². The van der Waals surface area contributed by atoms with Crippen molar-refractivity contribution in [3.8, 4) is 0 Å². The summed E-state index contributed by atoms with van der Waals surface area (Å²) in [5, 5.41) is 9.00. The molecular formula is C15H30O3. The predicted octanol–water partition coefficient (Wildman–Crippen LogP) is 3.21. The number of aliphatic hydroxyl groups excluding tert-OH is 1. The highest BCUT2D eigenvalue weighted by molar-refractivity contribution is 4.69. The van der Waals surface area contributed by atoms with Gasteiger partial charge in [0.1, 0.15) is 6.10 Å². The van der Waals surface area contributed by atoms with Crippen molar-refractivity contribution < 1.29 is 14.6 Å². The summed E-state index contributed by atoms with van der Waals surface area (Å²) in [6.07, 6.45) is 4.71. The quantitative estimate of drug-likeness (QED) is 0.726. The summed E-state index contributed by atoms with van der Waals surface area (Å²) in [6.45, 7) is 9.73. The van der Waals surface area contributed by atoms with Crippen LogP contribution in [0.5, 0.6) is 0 Å². The topological polar surface area (TPSA) is 38.7 Å². The van der Waals surface area contributed by atoms with Gasteiger partial charge in [-0.15, -0.1) is 0 Å². The van der Waals surface area contributed by atoms with E-state index in [1.54, 1.807) is 0 Å². The molecule has 1 aliphatic rings. The second-order valence-corrected chi connectivity index (χ2v) is 5.91. The van der Waals surface area contributed by atoms with Gasteiger partial charge in [0.25, 0.3) is 0 Å². The van der Waals surface area contributed by atoms with Crippen LogP contribution in [-0.2, 0) is 9.47 Å². The highest BCUT2D eigenvalue weighted by Gasteiger charge is 2.29. The van der Waals surface area contributed by atoms with Crippen LogP contribution in [0.2, 0.25) is 0 Å². The molecule has 108 valence electrons. The Morgan fingerprint density at radius 2 is 1.89 bits per heavy atom.